The standard InChI is InChI=1S/C4H6ClNO4S/c1-2-3-6(4(7)8)11(5,9)10/h2H,1,3H2,(H,7,8). The third-order valence-corrected chi connectivity index (χ3v) is 2.10. The van der Waals surface area contributed by atoms with Gasteiger partial charge in [0.05, 0.1) is 6.54 Å². The van der Waals surface area contributed by atoms with Crippen molar-refractivity contribution in [2.24, 2.45) is 0 Å². The molecule has 0 atom stereocenters. The Morgan fingerprint density at radius 2 is 2.18 bits per heavy atom. The first kappa shape index (κ1) is 10.2. The van der Waals surface area contributed by atoms with Crippen LogP contribution in [0.25, 0.3) is 0 Å². The summed E-state index contributed by atoms with van der Waals surface area (Å²) in [5, 5.41) is 8.25. The van der Waals surface area contributed by atoms with Gasteiger partial charge in [0.25, 0.3) is 0 Å². The van der Waals surface area contributed by atoms with Gasteiger partial charge in [0.15, 0.2) is 0 Å². The SMILES string of the molecule is C=CCN(C(=O)O)S(=O)(=O)Cl. The quantitative estimate of drug-likeness (QED) is 0.535. The van der Waals surface area contributed by atoms with Crippen LogP contribution in [0.4, 0.5) is 4.79 Å². The maximum atomic E-state index is 10.4. The van der Waals surface area contributed by atoms with Crippen LogP contribution < -0.4 is 0 Å². The predicted octanol–water partition coefficient (Wildman–Crippen LogP) is 0.636. The van der Waals surface area contributed by atoms with E-state index in [9.17, 15) is 13.2 Å². The normalized spacial score (nSPS) is 10.6. The molecule has 0 radical (unpaired) electrons. The summed E-state index contributed by atoms with van der Waals surface area (Å²) in [6.07, 6.45) is -0.506. The molecular weight excluding hydrogens is 194 g/mol. The second kappa shape index (κ2) is 3.59. The summed E-state index contributed by atoms with van der Waals surface area (Å²) >= 11 is 0. The first-order valence-corrected chi connectivity index (χ1v) is 4.72. The van der Waals surface area contributed by atoms with E-state index in [-0.39, 0.29) is 10.8 Å². The Bertz CT molecular complexity index is 259. The molecule has 7 heteroatoms. The lowest BCUT2D eigenvalue weighted by Crippen LogP contribution is -2.32. The van der Waals surface area contributed by atoms with Crippen LogP contribution in [0.1, 0.15) is 0 Å². The van der Waals surface area contributed by atoms with Gasteiger partial charge in [-0.15, -0.1) is 6.58 Å². The zero-order valence-corrected chi connectivity index (χ0v) is 6.97. The van der Waals surface area contributed by atoms with Crippen LogP contribution >= 0.6 is 10.7 Å². The van der Waals surface area contributed by atoms with Crippen molar-refractivity contribution >= 4 is 26.0 Å². The minimum atomic E-state index is -4.19. The smallest absolute Gasteiger partial charge is 0.422 e. The Kier molecular flexibility index (Phi) is 3.34. The van der Waals surface area contributed by atoms with E-state index in [0.29, 0.717) is 0 Å². The molecule has 1 N–H and O–H groups in total. The maximum absolute atomic E-state index is 10.4. The van der Waals surface area contributed by atoms with Gasteiger partial charge in [-0.2, -0.15) is 12.7 Å². The number of carboxylic acid groups (broad SMARTS) is 1. The average molecular weight is 200 g/mol. The van der Waals surface area contributed by atoms with E-state index >= 15 is 0 Å². The first-order valence-electron chi connectivity index (χ1n) is 2.45. The third-order valence-electron chi connectivity index (χ3n) is 0.772. The van der Waals surface area contributed by atoms with Gasteiger partial charge in [-0.25, -0.2) is 4.79 Å². The van der Waals surface area contributed by atoms with Gasteiger partial charge in [-0.3, -0.25) is 0 Å². The highest BCUT2D eigenvalue weighted by atomic mass is 35.7. The van der Waals surface area contributed by atoms with Gasteiger partial charge in [-0.1, -0.05) is 6.08 Å². The van der Waals surface area contributed by atoms with Crippen molar-refractivity contribution in [3.63, 3.8) is 0 Å². The number of amides is 1. The van der Waals surface area contributed by atoms with E-state index in [0.717, 1.165) is 6.08 Å². The fourth-order valence-electron chi connectivity index (χ4n) is 0.378. The summed E-state index contributed by atoms with van der Waals surface area (Å²) in [6.45, 7) is 2.82. The molecule has 11 heavy (non-hydrogen) atoms. The molecule has 0 aromatic heterocycles. The van der Waals surface area contributed by atoms with Gasteiger partial charge in [-0.05, 0) is 0 Å². The van der Waals surface area contributed by atoms with Crippen LogP contribution in [0.15, 0.2) is 12.7 Å². The molecule has 0 bridgehead atoms. The zero-order valence-electron chi connectivity index (χ0n) is 5.40. The molecule has 0 fully saturated rings. The van der Waals surface area contributed by atoms with E-state index in [2.05, 4.69) is 6.58 Å². The molecule has 5 nitrogen and oxygen atoms in total. The third kappa shape index (κ3) is 3.24. The topological polar surface area (TPSA) is 74.7 Å². The summed E-state index contributed by atoms with van der Waals surface area (Å²) in [5.41, 5.74) is 0. The fraction of sp³-hybridized carbons (Fsp3) is 0.250. The summed E-state index contributed by atoms with van der Waals surface area (Å²) in [7, 11) is 0.551. The van der Waals surface area contributed by atoms with Crippen molar-refractivity contribution in [1.82, 2.24) is 4.31 Å². The highest BCUT2D eigenvalue weighted by Gasteiger charge is 2.22. The molecule has 0 aromatic carbocycles. The summed E-state index contributed by atoms with van der Waals surface area (Å²) < 4.78 is 20.9. The highest BCUT2D eigenvalue weighted by Crippen LogP contribution is 2.05. The van der Waals surface area contributed by atoms with E-state index in [1.807, 2.05) is 0 Å². The number of rotatable bonds is 3. The van der Waals surface area contributed by atoms with E-state index in [4.69, 9.17) is 15.8 Å². The first-order chi connectivity index (χ1) is 4.89. The molecule has 0 saturated heterocycles. The lowest BCUT2D eigenvalue weighted by molar-refractivity contribution is 0.176. The van der Waals surface area contributed by atoms with Gasteiger partial charge in [0.2, 0.25) is 0 Å². The molecule has 0 unspecified atom stereocenters. The molecule has 0 saturated carbocycles. The van der Waals surface area contributed by atoms with E-state index < -0.39 is 15.3 Å². The largest absolute Gasteiger partial charge is 0.464 e. The predicted molar refractivity (Wildman–Crippen MR) is 39.7 cm³/mol. The molecule has 0 rings (SSSR count). The summed E-state index contributed by atoms with van der Waals surface area (Å²) in [5.74, 6) is 0. The van der Waals surface area contributed by atoms with Gasteiger partial charge in [0, 0.05) is 10.7 Å². The minimum Gasteiger partial charge on any atom is -0.464 e. The van der Waals surface area contributed by atoms with Crippen LogP contribution in [0.3, 0.4) is 0 Å². The van der Waals surface area contributed by atoms with Crippen molar-refractivity contribution in [3.8, 4) is 0 Å². The molecule has 0 aliphatic heterocycles. The average Bonchev–Trinajstić information content (AvgIpc) is 1.79. The molecule has 0 aromatic rings. The molecule has 0 aliphatic carbocycles. The van der Waals surface area contributed by atoms with Gasteiger partial charge in [0.1, 0.15) is 0 Å². The second-order valence-electron chi connectivity index (χ2n) is 1.54. The minimum absolute atomic E-state index is 0.0710. The Balaban J connectivity index is 4.62. The van der Waals surface area contributed by atoms with Gasteiger partial charge < -0.3 is 5.11 Å². The number of halogens is 1. The Morgan fingerprint density at radius 1 is 1.73 bits per heavy atom. The van der Waals surface area contributed by atoms with Crippen LogP contribution in [0, 0.1) is 0 Å². The van der Waals surface area contributed by atoms with Crippen LogP contribution in [-0.2, 0) is 9.24 Å². The van der Waals surface area contributed by atoms with Crippen molar-refractivity contribution in [3.05, 3.63) is 12.7 Å². The van der Waals surface area contributed by atoms with Crippen molar-refractivity contribution in [2.45, 2.75) is 0 Å². The lowest BCUT2D eigenvalue weighted by atomic mass is 10.6. The van der Waals surface area contributed by atoms with Crippen LogP contribution in [0.5, 0.6) is 0 Å². The Morgan fingerprint density at radius 3 is 2.27 bits per heavy atom. The molecular formula is C4H6ClNO4S. The molecule has 0 spiro atoms. The Labute approximate surface area is 68.4 Å². The van der Waals surface area contributed by atoms with E-state index in [1.165, 1.54) is 0 Å². The van der Waals surface area contributed by atoms with Crippen LogP contribution in [0.2, 0.25) is 0 Å². The number of hydrogen-bond acceptors (Lipinski definition) is 3. The van der Waals surface area contributed by atoms with Crippen molar-refractivity contribution < 1.29 is 18.3 Å². The fourth-order valence-corrected chi connectivity index (χ4v) is 1.19. The number of hydrogen-bond donors (Lipinski definition) is 1. The number of carbonyl (C=O) groups is 1. The molecule has 0 aliphatic rings. The molecule has 0 heterocycles. The highest BCUT2D eigenvalue weighted by molar-refractivity contribution is 8.12. The van der Waals surface area contributed by atoms with E-state index in [1.54, 1.807) is 0 Å². The van der Waals surface area contributed by atoms with Crippen molar-refractivity contribution in [1.29, 1.82) is 0 Å². The zero-order chi connectivity index (χ0) is 9.07. The van der Waals surface area contributed by atoms with Crippen LogP contribution in [-0.4, -0.2) is 30.5 Å². The van der Waals surface area contributed by atoms with Gasteiger partial charge >= 0.3 is 15.3 Å². The lowest BCUT2D eigenvalue weighted by Gasteiger charge is -2.11. The maximum Gasteiger partial charge on any atom is 0.422 e. The summed E-state index contributed by atoms with van der Waals surface area (Å²) in [6, 6.07) is 0. The monoisotopic (exact) mass is 199 g/mol. The van der Waals surface area contributed by atoms with Crippen molar-refractivity contribution in [2.75, 3.05) is 6.54 Å². The molecule has 64 valence electrons. The Hall–Kier alpha value is -0.750. The molecule has 1 amide bonds. The summed E-state index contributed by atoms with van der Waals surface area (Å²) in [4.78, 5) is 10.2. The second-order valence-corrected chi connectivity index (χ2v) is 3.98. The number of nitrogens with zero attached hydrogens (tertiary/aromatic N) is 1.